The second-order valence-corrected chi connectivity index (χ2v) is 10.8. The smallest absolute Gasteiger partial charge is 0.244 e. The molecule has 6 nitrogen and oxygen atoms in total. The van der Waals surface area contributed by atoms with E-state index in [4.69, 9.17) is 5.14 Å². The van der Waals surface area contributed by atoms with Crippen molar-refractivity contribution in [1.29, 1.82) is 0 Å². The first-order valence-corrected chi connectivity index (χ1v) is 13.0. The Morgan fingerprint density at radius 3 is 1.70 bits per heavy atom. The topological polar surface area (TPSA) is 106 Å². The quantitative estimate of drug-likeness (QED) is 0.440. The van der Waals surface area contributed by atoms with Crippen molar-refractivity contribution in [2.24, 2.45) is 5.14 Å². The first kappa shape index (κ1) is 24.7. The van der Waals surface area contributed by atoms with Crippen molar-refractivity contribution in [3.05, 3.63) is 89.2 Å². The van der Waals surface area contributed by atoms with Crippen LogP contribution in [0.1, 0.15) is 11.1 Å². The van der Waals surface area contributed by atoms with Gasteiger partial charge in [0, 0.05) is 6.54 Å². The fourth-order valence-electron chi connectivity index (χ4n) is 3.29. The zero-order valence-electron chi connectivity index (χ0n) is 17.3. The van der Waals surface area contributed by atoms with Crippen molar-refractivity contribution in [1.82, 2.24) is 0 Å². The molecule has 0 unspecified atom stereocenters. The number of anilines is 1. The lowest BCUT2D eigenvalue weighted by Gasteiger charge is -2.17. The molecule has 3 N–H and O–H groups in total. The van der Waals surface area contributed by atoms with Gasteiger partial charge in [-0.15, -0.1) is 0 Å². The number of aryl methyl sites for hydroxylation is 1. The third-order valence-electron chi connectivity index (χ3n) is 4.89. The summed E-state index contributed by atoms with van der Waals surface area (Å²) in [5.41, 5.74) is 0.442. The van der Waals surface area contributed by atoms with Crippen LogP contribution in [-0.4, -0.2) is 29.1 Å². The van der Waals surface area contributed by atoms with Gasteiger partial charge in [-0.25, -0.2) is 35.1 Å². The van der Waals surface area contributed by atoms with Gasteiger partial charge in [0.05, 0.1) is 11.4 Å². The number of primary sulfonamides is 1. The van der Waals surface area contributed by atoms with E-state index in [1.54, 1.807) is 60.7 Å². The van der Waals surface area contributed by atoms with Crippen LogP contribution in [-0.2, 0) is 32.7 Å². The Morgan fingerprint density at radius 1 is 0.697 bits per heavy atom. The molecular weight excluding hydrogens is 477 g/mol. The lowest BCUT2D eigenvalue weighted by atomic mass is 10.1. The van der Waals surface area contributed by atoms with Crippen molar-refractivity contribution >= 4 is 25.5 Å². The molecular formula is C22H21F3N2O4S2. The lowest BCUT2D eigenvalue weighted by Crippen LogP contribution is -2.23. The Bertz CT molecular complexity index is 1350. The molecule has 0 saturated carbocycles. The Kier molecular flexibility index (Phi) is 7.45. The number of sulfonamides is 1. The largest absolute Gasteiger partial charge is 0.381 e. The summed E-state index contributed by atoms with van der Waals surface area (Å²) in [6.07, 6.45) is 0.222. The summed E-state index contributed by atoms with van der Waals surface area (Å²) >= 11 is 0. The maximum atomic E-state index is 15.1. The number of rotatable bonds is 9. The zero-order valence-corrected chi connectivity index (χ0v) is 18.9. The van der Waals surface area contributed by atoms with E-state index < -0.39 is 58.5 Å². The fraction of sp³-hybridized carbons (Fsp3) is 0.182. The zero-order chi connectivity index (χ0) is 24.2. The highest BCUT2D eigenvalue weighted by Crippen LogP contribution is 2.35. The SMILES string of the molecule is NS(=O)(=O)c1c(F)c(F)c(S(=O)(=O)CCc2ccccc2)c(NCCc2ccccc2)c1F. The molecule has 0 fully saturated rings. The normalized spacial score (nSPS) is 12.0. The highest BCUT2D eigenvalue weighted by Gasteiger charge is 2.36. The molecule has 0 aliphatic heterocycles. The van der Waals surface area contributed by atoms with Gasteiger partial charge in [0.25, 0.3) is 0 Å². The van der Waals surface area contributed by atoms with E-state index in [0.29, 0.717) is 5.56 Å². The molecule has 0 radical (unpaired) electrons. The molecule has 0 aliphatic carbocycles. The molecule has 176 valence electrons. The van der Waals surface area contributed by atoms with Crippen LogP contribution in [0.25, 0.3) is 0 Å². The van der Waals surface area contributed by atoms with Crippen molar-refractivity contribution in [3.8, 4) is 0 Å². The van der Waals surface area contributed by atoms with Gasteiger partial charge in [0.15, 0.2) is 32.2 Å². The predicted molar refractivity (Wildman–Crippen MR) is 119 cm³/mol. The number of nitrogens with two attached hydrogens (primary N) is 1. The highest BCUT2D eigenvalue weighted by molar-refractivity contribution is 7.91. The summed E-state index contributed by atoms with van der Waals surface area (Å²) < 4.78 is 93.8. The van der Waals surface area contributed by atoms with Gasteiger partial charge < -0.3 is 5.32 Å². The van der Waals surface area contributed by atoms with Crippen molar-refractivity contribution < 1.29 is 30.0 Å². The predicted octanol–water partition coefficient (Wildman–Crippen LogP) is 3.42. The van der Waals surface area contributed by atoms with Crippen LogP contribution < -0.4 is 10.5 Å². The van der Waals surface area contributed by atoms with Gasteiger partial charge in [0.2, 0.25) is 10.0 Å². The van der Waals surface area contributed by atoms with E-state index in [1.807, 2.05) is 0 Å². The summed E-state index contributed by atoms with van der Waals surface area (Å²) in [7, 11) is -9.60. The molecule has 3 rings (SSSR count). The summed E-state index contributed by atoms with van der Waals surface area (Å²) in [4.78, 5) is -3.00. The van der Waals surface area contributed by atoms with Gasteiger partial charge in [-0.1, -0.05) is 60.7 Å². The summed E-state index contributed by atoms with van der Waals surface area (Å²) in [5, 5.41) is 7.29. The van der Waals surface area contributed by atoms with Gasteiger partial charge in [-0.05, 0) is 24.0 Å². The van der Waals surface area contributed by atoms with Crippen LogP contribution in [0.3, 0.4) is 0 Å². The van der Waals surface area contributed by atoms with E-state index in [1.165, 1.54) is 0 Å². The minimum atomic E-state index is -5.03. The van der Waals surface area contributed by atoms with Crippen LogP contribution in [0.15, 0.2) is 70.5 Å². The third kappa shape index (κ3) is 5.73. The van der Waals surface area contributed by atoms with E-state index >= 15 is 4.39 Å². The van der Waals surface area contributed by atoms with Gasteiger partial charge in [0.1, 0.15) is 4.90 Å². The van der Waals surface area contributed by atoms with Crippen molar-refractivity contribution in [2.45, 2.75) is 22.6 Å². The van der Waals surface area contributed by atoms with E-state index in [-0.39, 0.29) is 19.4 Å². The monoisotopic (exact) mass is 498 g/mol. The number of benzene rings is 3. The Morgan fingerprint density at radius 2 is 1.18 bits per heavy atom. The molecule has 0 spiro atoms. The van der Waals surface area contributed by atoms with Gasteiger partial charge in [-0.3, -0.25) is 0 Å². The average Bonchev–Trinajstić information content (AvgIpc) is 2.76. The van der Waals surface area contributed by atoms with Crippen LogP contribution in [0.5, 0.6) is 0 Å². The second kappa shape index (κ2) is 9.94. The average molecular weight is 499 g/mol. The molecule has 33 heavy (non-hydrogen) atoms. The molecule has 11 heteroatoms. The molecule has 0 bridgehead atoms. The van der Waals surface area contributed by atoms with Crippen molar-refractivity contribution in [3.63, 3.8) is 0 Å². The standard InChI is InChI=1S/C22H21F3N2O4S2/c23-17-18(24)22(32(28,29)14-12-16-9-5-2-6-10-16)20(19(25)21(17)33(26,30)31)27-13-11-15-7-3-1-4-8-15/h1-10,27H,11-14H2,(H2,26,30,31). The van der Waals surface area contributed by atoms with E-state index in [9.17, 15) is 25.6 Å². The molecule has 0 heterocycles. The van der Waals surface area contributed by atoms with Gasteiger partial charge >= 0.3 is 0 Å². The van der Waals surface area contributed by atoms with Crippen LogP contribution in [0.2, 0.25) is 0 Å². The minimum Gasteiger partial charge on any atom is -0.381 e. The lowest BCUT2D eigenvalue weighted by molar-refractivity contribution is 0.441. The number of hydrogen-bond acceptors (Lipinski definition) is 5. The first-order chi connectivity index (χ1) is 15.5. The van der Waals surface area contributed by atoms with Gasteiger partial charge in [-0.2, -0.15) is 0 Å². The maximum Gasteiger partial charge on any atom is 0.244 e. The summed E-state index contributed by atoms with van der Waals surface area (Å²) in [5.74, 6) is -6.63. The summed E-state index contributed by atoms with van der Waals surface area (Å²) in [6, 6.07) is 17.2. The minimum absolute atomic E-state index is 0.0494. The molecule has 0 amide bonds. The molecule has 0 aliphatic rings. The van der Waals surface area contributed by atoms with Crippen molar-refractivity contribution in [2.75, 3.05) is 17.6 Å². The fourth-order valence-corrected chi connectivity index (χ4v) is 5.53. The molecule has 0 saturated heterocycles. The molecule has 3 aromatic rings. The number of halogens is 3. The molecule has 3 aromatic carbocycles. The number of sulfone groups is 1. The second-order valence-electron chi connectivity index (χ2n) is 7.24. The first-order valence-electron chi connectivity index (χ1n) is 9.80. The number of hydrogen-bond donors (Lipinski definition) is 2. The van der Waals surface area contributed by atoms with E-state index in [2.05, 4.69) is 5.32 Å². The maximum absolute atomic E-state index is 15.1. The van der Waals surface area contributed by atoms with Crippen LogP contribution >= 0.6 is 0 Å². The van der Waals surface area contributed by atoms with E-state index in [0.717, 1.165) is 5.56 Å². The Hall–Kier alpha value is -2.89. The number of nitrogens with one attached hydrogen (secondary N) is 1. The molecule has 0 aromatic heterocycles. The Balaban J connectivity index is 2.04. The van der Waals surface area contributed by atoms with Crippen LogP contribution in [0, 0.1) is 17.5 Å². The van der Waals surface area contributed by atoms with Crippen LogP contribution in [0.4, 0.5) is 18.9 Å². The highest BCUT2D eigenvalue weighted by atomic mass is 32.2. The third-order valence-corrected chi connectivity index (χ3v) is 7.57. The summed E-state index contributed by atoms with van der Waals surface area (Å²) in [6.45, 7) is -0.0860. The Labute approximate surface area is 190 Å². The molecule has 0 atom stereocenters.